The number of hydrogen-bond donors (Lipinski definition) is 2. The monoisotopic (exact) mass is 263 g/mol. The molecule has 1 aromatic rings. The van der Waals surface area contributed by atoms with Crippen LogP contribution in [0.3, 0.4) is 0 Å². The number of anilines is 3. The van der Waals surface area contributed by atoms with Crippen molar-refractivity contribution < 1.29 is 0 Å². The summed E-state index contributed by atoms with van der Waals surface area (Å²) in [6.45, 7) is 9.77. The third-order valence-corrected chi connectivity index (χ3v) is 3.73. The maximum atomic E-state index is 5.80. The topological polar surface area (TPSA) is 67.1 Å². The second-order valence-electron chi connectivity index (χ2n) is 6.05. The zero-order chi connectivity index (χ0) is 13.9. The molecule has 3 N–H and O–H groups in total. The van der Waals surface area contributed by atoms with Gasteiger partial charge in [0.25, 0.3) is 0 Å². The molecule has 1 aromatic heterocycles. The molecule has 1 aliphatic heterocycles. The van der Waals surface area contributed by atoms with Crippen molar-refractivity contribution in [2.45, 2.75) is 40.0 Å². The smallest absolute Gasteiger partial charge is 0.223 e. The molecule has 5 nitrogen and oxygen atoms in total. The number of nitrogens with two attached hydrogens (primary N) is 1. The van der Waals surface area contributed by atoms with E-state index < -0.39 is 0 Å². The first-order valence-corrected chi connectivity index (χ1v) is 7.13. The van der Waals surface area contributed by atoms with E-state index in [2.05, 4.69) is 41.0 Å². The Bertz CT molecular complexity index is 420. The number of piperidine rings is 1. The molecular formula is C14H25N5. The summed E-state index contributed by atoms with van der Waals surface area (Å²) in [4.78, 5) is 10.9. The van der Waals surface area contributed by atoms with Crippen LogP contribution in [0.25, 0.3) is 0 Å². The second-order valence-corrected chi connectivity index (χ2v) is 6.05. The van der Waals surface area contributed by atoms with Crippen LogP contribution in [0.5, 0.6) is 0 Å². The van der Waals surface area contributed by atoms with Crippen LogP contribution < -0.4 is 16.0 Å². The molecule has 0 spiro atoms. The molecule has 0 unspecified atom stereocenters. The van der Waals surface area contributed by atoms with E-state index in [4.69, 9.17) is 5.73 Å². The van der Waals surface area contributed by atoms with Gasteiger partial charge in [-0.3, -0.25) is 0 Å². The third kappa shape index (κ3) is 3.72. The summed E-state index contributed by atoms with van der Waals surface area (Å²) in [7, 11) is 0. The molecule has 0 saturated carbocycles. The molecule has 0 atom stereocenters. The van der Waals surface area contributed by atoms with E-state index in [-0.39, 0.29) is 0 Å². The Kier molecular flexibility index (Phi) is 4.12. The molecule has 0 amide bonds. The number of nitrogen functional groups attached to an aromatic ring is 1. The van der Waals surface area contributed by atoms with Crippen molar-refractivity contribution in [1.29, 1.82) is 0 Å². The SMILES string of the molecule is CCCNc1cc(N2CCC(C)(C)CC2)nc(N)n1. The minimum Gasteiger partial charge on any atom is -0.370 e. The average Bonchev–Trinajstić information content (AvgIpc) is 2.35. The Morgan fingerprint density at radius 3 is 2.63 bits per heavy atom. The quantitative estimate of drug-likeness (QED) is 0.873. The van der Waals surface area contributed by atoms with Crippen LogP contribution in [0, 0.1) is 5.41 Å². The number of hydrogen-bond acceptors (Lipinski definition) is 5. The summed E-state index contributed by atoms with van der Waals surface area (Å²) in [5.41, 5.74) is 6.25. The molecule has 0 bridgehead atoms. The van der Waals surface area contributed by atoms with Gasteiger partial charge in [0.05, 0.1) is 0 Å². The molecule has 0 aromatic carbocycles. The first-order chi connectivity index (χ1) is 9.00. The van der Waals surface area contributed by atoms with E-state index in [9.17, 15) is 0 Å². The molecular weight excluding hydrogens is 238 g/mol. The van der Waals surface area contributed by atoms with Crippen LogP contribution >= 0.6 is 0 Å². The van der Waals surface area contributed by atoms with Crippen LogP contribution in [0.15, 0.2) is 6.07 Å². The molecule has 0 radical (unpaired) electrons. The third-order valence-electron chi connectivity index (χ3n) is 3.73. The molecule has 1 aliphatic rings. The second kappa shape index (κ2) is 5.63. The predicted molar refractivity (Wildman–Crippen MR) is 80.5 cm³/mol. The standard InChI is InChI=1S/C14H25N5/c1-4-7-16-11-10-12(18-13(15)17-11)19-8-5-14(2,3)6-9-19/h10H,4-9H2,1-3H3,(H3,15,16,17,18). The van der Waals surface area contributed by atoms with Gasteiger partial charge in [-0.2, -0.15) is 9.97 Å². The highest BCUT2D eigenvalue weighted by Gasteiger charge is 2.26. The maximum absolute atomic E-state index is 5.80. The lowest BCUT2D eigenvalue weighted by atomic mass is 9.83. The van der Waals surface area contributed by atoms with E-state index in [1.54, 1.807) is 0 Å². The minimum atomic E-state index is 0.348. The van der Waals surface area contributed by atoms with Crippen molar-refractivity contribution in [2.24, 2.45) is 5.41 Å². The van der Waals surface area contributed by atoms with E-state index in [1.165, 1.54) is 12.8 Å². The van der Waals surface area contributed by atoms with Gasteiger partial charge in [0.1, 0.15) is 11.6 Å². The largest absolute Gasteiger partial charge is 0.370 e. The van der Waals surface area contributed by atoms with Crippen LogP contribution in [0.1, 0.15) is 40.0 Å². The highest BCUT2D eigenvalue weighted by atomic mass is 15.2. The Hall–Kier alpha value is -1.52. The highest BCUT2D eigenvalue weighted by molar-refractivity contribution is 5.52. The summed E-state index contributed by atoms with van der Waals surface area (Å²) >= 11 is 0. The first kappa shape index (κ1) is 13.9. The number of rotatable bonds is 4. The number of aromatic nitrogens is 2. The fraction of sp³-hybridized carbons (Fsp3) is 0.714. The summed E-state index contributed by atoms with van der Waals surface area (Å²) < 4.78 is 0. The molecule has 2 rings (SSSR count). The summed E-state index contributed by atoms with van der Waals surface area (Å²) in [5.74, 6) is 2.12. The summed E-state index contributed by atoms with van der Waals surface area (Å²) in [6.07, 6.45) is 3.44. The van der Waals surface area contributed by atoms with Gasteiger partial charge in [-0.15, -0.1) is 0 Å². The molecule has 1 saturated heterocycles. The Morgan fingerprint density at radius 1 is 1.32 bits per heavy atom. The van der Waals surface area contributed by atoms with Crippen molar-refractivity contribution >= 4 is 17.6 Å². The zero-order valence-electron chi connectivity index (χ0n) is 12.2. The van der Waals surface area contributed by atoms with E-state index in [1.807, 2.05) is 6.07 Å². The van der Waals surface area contributed by atoms with Gasteiger partial charge in [0.15, 0.2) is 0 Å². The summed E-state index contributed by atoms with van der Waals surface area (Å²) in [6, 6.07) is 2.00. The Balaban J connectivity index is 2.09. The molecule has 1 fully saturated rings. The fourth-order valence-corrected chi connectivity index (χ4v) is 2.30. The highest BCUT2D eigenvalue weighted by Crippen LogP contribution is 2.32. The van der Waals surface area contributed by atoms with E-state index in [0.29, 0.717) is 11.4 Å². The van der Waals surface area contributed by atoms with Crippen molar-refractivity contribution in [1.82, 2.24) is 9.97 Å². The summed E-state index contributed by atoms with van der Waals surface area (Å²) in [5, 5.41) is 3.27. The lowest BCUT2D eigenvalue weighted by Gasteiger charge is -2.37. The van der Waals surface area contributed by atoms with Crippen LogP contribution in [-0.4, -0.2) is 29.6 Å². The normalized spacial score (nSPS) is 18.4. The lowest BCUT2D eigenvalue weighted by molar-refractivity contribution is 0.279. The Labute approximate surface area is 115 Å². The van der Waals surface area contributed by atoms with E-state index >= 15 is 0 Å². The van der Waals surface area contributed by atoms with Gasteiger partial charge < -0.3 is 16.0 Å². The van der Waals surface area contributed by atoms with Gasteiger partial charge in [0, 0.05) is 25.7 Å². The molecule has 106 valence electrons. The molecule has 5 heteroatoms. The van der Waals surface area contributed by atoms with Crippen molar-refractivity contribution in [2.75, 3.05) is 35.6 Å². The van der Waals surface area contributed by atoms with Gasteiger partial charge in [-0.25, -0.2) is 0 Å². The van der Waals surface area contributed by atoms with Crippen LogP contribution in [0.2, 0.25) is 0 Å². The minimum absolute atomic E-state index is 0.348. The fourth-order valence-electron chi connectivity index (χ4n) is 2.30. The van der Waals surface area contributed by atoms with E-state index in [0.717, 1.165) is 37.7 Å². The van der Waals surface area contributed by atoms with Crippen molar-refractivity contribution in [3.63, 3.8) is 0 Å². The molecule has 0 aliphatic carbocycles. The average molecular weight is 263 g/mol. The zero-order valence-corrected chi connectivity index (χ0v) is 12.2. The molecule has 19 heavy (non-hydrogen) atoms. The van der Waals surface area contributed by atoms with Crippen molar-refractivity contribution in [3.8, 4) is 0 Å². The predicted octanol–water partition coefficient (Wildman–Crippen LogP) is 2.51. The van der Waals surface area contributed by atoms with Crippen LogP contribution in [0.4, 0.5) is 17.6 Å². The van der Waals surface area contributed by atoms with Gasteiger partial charge in [-0.05, 0) is 24.7 Å². The maximum Gasteiger partial charge on any atom is 0.223 e. The van der Waals surface area contributed by atoms with Gasteiger partial charge >= 0.3 is 0 Å². The lowest BCUT2D eigenvalue weighted by Crippen LogP contribution is -2.37. The van der Waals surface area contributed by atoms with Crippen LogP contribution in [-0.2, 0) is 0 Å². The molecule has 2 heterocycles. The van der Waals surface area contributed by atoms with Crippen molar-refractivity contribution in [3.05, 3.63) is 6.07 Å². The number of nitrogens with zero attached hydrogens (tertiary/aromatic N) is 3. The van der Waals surface area contributed by atoms with Gasteiger partial charge in [0.2, 0.25) is 5.95 Å². The first-order valence-electron chi connectivity index (χ1n) is 7.13. The number of nitrogens with one attached hydrogen (secondary N) is 1. The van der Waals surface area contributed by atoms with Gasteiger partial charge in [-0.1, -0.05) is 20.8 Å². The Morgan fingerprint density at radius 2 is 2.00 bits per heavy atom.